The summed E-state index contributed by atoms with van der Waals surface area (Å²) in [6, 6.07) is 14.6. The molecule has 0 spiro atoms. The van der Waals surface area contributed by atoms with Crippen molar-refractivity contribution in [2.75, 3.05) is 13.7 Å². The first-order chi connectivity index (χ1) is 14.7. The maximum Gasteiger partial charge on any atom is 0.214 e. The van der Waals surface area contributed by atoms with Crippen molar-refractivity contribution >= 4 is 0 Å². The van der Waals surface area contributed by atoms with Gasteiger partial charge in [0.1, 0.15) is 6.54 Å². The zero-order valence-electron chi connectivity index (χ0n) is 17.3. The molecule has 156 valence electrons. The summed E-state index contributed by atoms with van der Waals surface area (Å²) in [5.74, 6) is 1.53. The number of aromatic nitrogens is 4. The van der Waals surface area contributed by atoms with Gasteiger partial charge in [0, 0.05) is 17.5 Å². The Morgan fingerprint density at radius 1 is 1.13 bits per heavy atom. The van der Waals surface area contributed by atoms with Crippen LogP contribution in [0.4, 0.5) is 0 Å². The summed E-state index contributed by atoms with van der Waals surface area (Å²) in [5, 5.41) is 23.1. The third-order valence-electron chi connectivity index (χ3n) is 6.64. The number of nitrogens with zero attached hydrogens (tertiary/aromatic N) is 4. The van der Waals surface area contributed by atoms with E-state index in [-0.39, 0.29) is 11.8 Å². The summed E-state index contributed by atoms with van der Waals surface area (Å²) in [6.07, 6.45) is 5.74. The number of tetrazole rings is 1. The number of aromatic hydroxyl groups is 1. The van der Waals surface area contributed by atoms with E-state index in [1.54, 1.807) is 13.2 Å². The van der Waals surface area contributed by atoms with Crippen LogP contribution in [0.3, 0.4) is 0 Å². The lowest BCUT2D eigenvalue weighted by Gasteiger charge is -2.32. The van der Waals surface area contributed by atoms with Gasteiger partial charge in [0.2, 0.25) is 5.82 Å². The predicted octanol–water partition coefficient (Wildman–Crippen LogP) is 2.23. The molecule has 5 rings (SSSR count). The Labute approximate surface area is 176 Å². The summed E-state index contributed by atoms with van der Waals surface area (Å²) in [7, 11) is 1.58. The zero-order valence-corrected chi connectivity index (χ0v) is 17.3. The number of benzene rings is 2. The van der Waals surface area contributed by atoms with Crippen LogP contribution < -0.4 is 9.64 Å². The van der Waals surface area contributed by atoms with Crippen molar-refractivity contribution in [1.29, 1.82) is 0 Å². The topological polar surface area (TPSA) is 77.5 Å². The number of phenolic OH excluding ortho intramolecular Hbond substituents is 1. The van der Waals surface area contributed by atoms with Crippen LogP contribution in [0.5, 0.6) is 11.5 Å². The lowest BCUT2D eigenvalue weighted by atomic mass is 9.95. The van der Waals surface area contributed by atoms with Crippen LogP contribution >= 0.6 is 0 Å². The largest absolute Gasteiger partial charge is 0.504 e. The van der Waals surface area contributed by atoms with Crippen molar-refractivity contribution < 1.29 is 14.7 Å². The summed E-state index contributed by atoms with van der Waals surface area (Å²) in [4.78, 5) is 1.41. The van der Waals surface area contributed by atoms with Crippen molar-refractivity contribution in [2.45, 2.75) is 50.7 Å². The molecule has 0 radical (unpaired) electrons. The van der Waals surface area contributed by atoms with E-state index in [4.69, 9.17) is 4.74 Å². The molecule has 30 heavy (non-hydrogen) atoms. The van der Waals surface area contributed by atoms with Crippen LogP contribution in [0.25, 0.3) is 0 Å². The molecule has 2 N–H and O–H groups in total. The van der Waals surface area contributed by atoms with Crippen LogP contribution in [-0.2, 0) is 13.0 Å². The van der Waals surface area contributed by atoms with E-state index in [1.165, 1.54) is 28.9 Å². The van der Waals surface area contributed by atoms with E-state index in [0.717, 1.165) is 43.7 Å². The predicted molar refractivity (Wildman–Crippen MR) is 112 cm³/mol. The summed E-state index contributed by atoms with van der Waals surface area (Å²) in [5.41, 5.74) is 3.88. The molecule has 2 aromatic carbocycles. The number of methoxy groups -OCH3 is 1. The van der Waals surface area contributed by atoms with Gasteiger partial charge in [0.25, 0.3) is 0 Å². The lowest BCUT2D eigenvalue weighted by molar-refractivity contribution is -0.941. The van der Waals surface area contributed by atoms with Gasteiger partial charge >= 0.3 is 0 Å². The average Bonchev–Trinajstić information content (AvgIpc) is 3.47. The maximum atomic E-state index is 10.1. The van der Waals surface area contributed by atoms with E-state index in [1.807, 2.05) is 12.1 Å². The summed E-state index contributed by atoms with van der Waals surface area (Å²) >= 11 is 0. The maximum absolute atomic E-state index is 10.1. The Balaban J connectivity index is 1.58. The molecule has 2 heterocycles. The van der Waals surface area contributed by atoms with Crippen molar-refractivity contribution in [3.8, 4) is 11.5 Å². The highest BCUT2D eigenvalue weighted by atomic mass is 16.5. The minimum atomic E-state index is -0.0246. The van der Waals surface area contributed by atoms with Gasteiger partial charge in [-0.25, -0.2) is 4.68 Å². The highest BCUT2D eigenvalue weighted by Crippen LogP contribution is 2.34. The summed E-state index contributed by atoms with van der Waals surface area (Å²) in [6.45, 7) is 1.92. The monoisotopic (exact) mass is 406 g/mol. The lowest BCUT2D eigenvalue weighted by Crippen LogP contribution is -3.12. The van der Waals surface area contributed by atoms with Gasteiger partial charge < -0.3 is 14.7 Å². The van der Waals surface area contributed by atoms with Gasteiger partial charge in [-0.2, -0.15) is 0 Å². The third-order valence-corrected chi connectivity index (χ3v) is 6.64. The Morgan fingerprint density at radius 2 is 1.93 bits per heavy atom. The minimum absolute atomic E-state index is 0.0246. The molecule has 3 aromatic rings. The van der Waals surface area contributed by atoms with E-state index in [0.29, 0.717) is 11.8 Å². The van der Waals surface area contributed by atoms with E-state index < -0.39 is 0 Å². The molecule has 7 heteroatoms. The number of quaternary nitrogens is 1. The molecular weight excluding hydrogens is 378 g/mol. The molecule has 0 bridgehead atoms. The molecule has 2 aliphatic rings. The minimum Gasteiger partial charge on any atom is -0.504 e. The fourth-order valence-corrected chi connectivity index (χ4v) is 5.09. The Morgan fingerprint density at radius 3 is 2.73 bits per heavy atom. The quantitative estimate of drug-likeness (QED) is 0.680. The molecule has 7 nitrogen and oxygen atoms in total. The third kappa shape index (κ3) is 3.43. The molecule has 1 unspecified atom stereocenters. The fourth-order valence-electron chi connectivity index (χ4n) is 5.09. The van der Waals surface area contributed by atoms with Crippen LogP contribution in [-0.4, -0.2) is 39.0 Å². The molecule has 1 aliphatic heterocycles. The number of nitrogens with one attached hydrogen (secondary N) is 1. The molecular formula is C23H28N5O2+. The Hall–Kier alpha value is -2.93. The van der Waals surface area contributed by atoms with E-state index in [2.05, 4.69) is 44.5 Å². The van der Waals surface area contributed by atoms with Gasteiger partial charge in [0.15, 0.2) is 17.5 Å². The molecule has 1 aliphatic carbocycles. The first-order valence-corrected chi connectivity index (χ1v) is 10.8. The van der Waals surface area contributed by atoms with Crippen LogP contribution in [0.2, 0.25) is 0 Å². The van der Waals surface area contributed by atoms with Crippen molar-refractivity contribution in [3.63, 3.8) is 0 Å². The molecule has 1 fully saturated rings. The first-order valence-electron chi connectivity index (χ1n) is 10.8. The second-order valence-corrected chi connectivity index (χ2v) is 8.39. The fraction of sp³-hybridized carbons (Fsp3) is 0.435. The van der Waals surface area contributed by atoms with Gasteiger partial charge in [-0.1, -0.05) is 37.1 Å². The molecule has 1 aromatic heterocycles. The van der Waals surface area contributed by atoms with Crippen LogP contribution in [0.15, 0.2) is 42.5 Å². The van der Waals surface area contributed by atoms with Crippen molar-refractivity contribution in [1.82, 2.24) is 20.2 Å². The van der Waals surface area contributed by atoms with Crippen LogP contribution in [0.1, 0.15) is 60.3 Å². The van der Waals surface area contributed by atoms with Gasteiger partial charge in [0.05, 0.1) is 19.7 Å². The second kappa shape index (κ2) is 8.07. The summed E-state index contributed by atoms with van der Waals surface area (Å²) < 4.78 is 7.47. The van der Waals surface area contributed by atoms with Crippen molar-refractivity contribution in [2.24, 2.45) is 0 Å². The van der Waals surface area contributed by atoms with Gasteiger partial charge in [-0.05, 0) is 47.0 Å². The number of hydrogen-bond acceptors (Lipinski definition) is 5. The number of hydrogen-bond donors (Lipinski definition) is 2. The second-order valence-electron chi connectivity index (χ2n) is 8.39. The SMILES string of the molecule is COc1cc([C@@H](c2nnnn2C2CCCC2)[NH+]2CCc3ccccc3C2)ccc1O. The highest BCUT2D eigenvalue weighted by molar-refractivity contribution is 5.43. The smallest absolute Gasteiger partial charge is 0.214 e. The first kappa shape index (κ1) is 19.1. The van der Waals surface area contributed by atoms with Gasteiger partial charge in [-0.3, -0.25) is 0 Å². The van der Waals surface area contributed by atoms with E-state index in [9.17, 15) is 5.11 Å². The molecule has 0 amide bonds. The molecule has 1 saturated carbocycles. The number of fused-ring (bicyclic) bond motifs is 1. The Kier molecular flexibility index (Phi) is 5.12. The van der Waals surface area contributed by atoms with Crippen molar-refractivity contribution in [3.05, 3.63) is 65.0 Å². The number of ether oxygens (including phenoxy) is 1. The normalized spacial score (nSPS) is 20.1. The molecule has 0 saturated heterocycles. The number of phenols is 1. The molecule has 2 atom stereocenters. The Bertz CT molecular complexity index is 1030. The average molecular weight is 407 g/mol. The number of rotatable bonds is 5. The standard InChI is InChI=1S/C23H27N5O2/c1-30-21-14-17(10-11-20(21)29)22(23-24-25-26-28(23)19-8-4-5-9-19)27-13-12-16-6-2-3-7-18(16)15-27/h2-3,6-7,10-11,14,19,22,29H,4-5,8-9,12-13,15H2,1H3/p+1/t22-/m0/s1. The van der Waals surface area contributed by atoms with Crippen LogP contribution in [0, 0.1) is 0 Å². The van der Waals surface area contributed by atoms with Gasteiger partial charge in [-0.15, -0.1) is 5.10 Å². The highest BCUT2D eigenvalue weighted by Gasteiger charge is 2.36. The zero-order chi connectivity index (χ0) is 20.5. The van der Waals surface area contributed by atoms with E-state index >= 15 is 0 Å².